The Hall–Kier alpha value is -2.04. The lowest BCUT2D eigenvalue weighted by atomic mass is 10.6. The molecule has 2 heterocycles. The van der Waals surface area contributed by atoms with Gasteiger partial charge in [0, 0.05) is 44.4 Å². The van der Waals surface area contributed by atoms with Crippen LogP contribution in [0.5, 0.6) is 0 Å². The van der Waals surface area contributed by atoms with Crippen LogP contribution in [0.15, 0.2) is 43.8 Å². The first-order chi connectivity index (χ1) is 7.90. The molecule has 0 spiro atoms. The lowest BCUT2D eigenvalue weighted by molar-refractivity contribution is 0.715. The summed E-state index contributed by atoms with van der Waals surface area (Å²) in [5.41, 5.74) is 0. The quantitative estimate of drug-likeness (QED) is 0.743. The van der Waals surface area contributed by atoms with Crippen LogP contribution in [0, 0.1) is 0 Å². The largest absolute Gasteiger partial charge is 0.354 e. The molecule has 0 fully saturated rings. The molecule has 5 nitrogen and oxygen atoms in total. The first kappa shape index (κ1) is 10.5. The molecule has 16 heavy (non-hydrogen) atoms. The average molecular weight is 217 g/mol. The standard InChI is InChI=1S/C11H15N5/c1-2-6-16-9-5-14-11(16)13-4-8-15-7-3-12-10-15/h2-3,5,7,9-10H,1,4,6,8H2,(H,13,14). The Morgan fingerprint density at radius 2 is 2.31 bits per heavy atom. The van der Waals surface area contributed by atoms with E-state index in [2.05, 4.69) is 21.9 Å². The molecule has 1 N–H and O–H groups in total. The highest BCUT2D eigenvalue weighted by Gasteiger charge is 1.99. The smallest absolute Gasteiger partial charge is 0.203 e. The maximum absolute atomic E-state index is 4.23. The number of anilines is 1. The highest BCUT2D eigenvalue weighted by molar-refractivity contribution is 5.25. The third-order valence-corrected chi connectivity index (χ3v) is 2.25. The van der Waals surface area contributed by atoms with Crippen LogP contribution in [-0.4, -0.2) is 25.6 Å². The van der Waals surface area contributed by atoms with E-state index in [4.69, 9.17) is 0 Å². The van der Waals surface area contributed by atoms with Crippen molar-refractivity contribution < 1.29 is 0 Å². The minimum Gasteiger partial charge on any atom is -0.354 e. The normalized spacial score (nSPS) is 10.2. The number of hydrogen-bond acceptors (Lipinski definition) is 3. The molecule has 0 aromatic carbocycles. The van der Waals surface area contributed by atoms with Gasteiger partial charge in [-0.05, 0) is 0 Å². The lowest BCUT2D eigenvalue weighted by Crippen LogP contribution is -2.12. The number of rotatable bonds is 6. The van der Waals surface area contributed by atoms with Gasteiger partial charge in [-0.2, -0.15) is 0 Å². The Labute approximate surface area is 94.5 Å². The third-order valence-electron chi connectivity index (χ3n) is 2.25. The molecule has 0 aliphatic heterocycles. The minimum absolute atomic E-state index is 0.771. The van der Waals surface area contributed by atoms with Crippen LogP contribution in [0.2, 0.25) is 0 Å². The molecule has 2 rings (SSSR count). The van der Waals surface area contributed by atoms with E-state index in [0.29, 0.717) is 0 Å². The van der Waals surface area contributed by atoms with Crippen molar-refractivity contribution in [1.82, 2.24) is 19.1 Å². The van der Waals surface area contributed by atoms with Crippen molar-refractivity contribution in [3.8, 4) is 0 Å². The van der Waals surface area contributed by atoms with Gasteiger partial charge in [-0.15, -0.1) is 6.58 Å². The van der Waals surface area contributed by atoms with E-state index in [1.807, 2.05) is 27.6 Å². The van der Waals surface area contributed by atoms with Crippen molar-refractivity contribution in [2.24, 2.45) is 0 Å². The van der Waals surface area contributed by atoms with Crippen LogP contribution in [0.25, 0.3) is 0 Å². The van der Waals surface area contributed by atoms with Gasteiger partial charge >= 0.3 is 0 Å². The second kappa shape index (κ2) is 5.16. The van der Waals surface area contributed by atoms with Crippen LogP contribution in [-0.2, 0) is 13.1 Å². The molecule has 0 atom stereocenters. The molecular formula is C11H15N5. The Morgan fingerprint density at radius 1 is 1.38 bits per heavy atom. The van der Waals surface area contributed by atoms with E-state index in [1.54, 1.807) is 18.7 Å². The zero-order valence-corrected chi connectivity index (χ0v) is 9.08. The summed E-state index contributed by atoms with van der Waals surface area (Å²) in [5.74, 6) is 0.875. The predicted molar refractivity (Wildman–Crippen MR) is 63.1 cm³/mol. The summed E-state index contributed by atoms with van der Waals surface area (Å²) < 4.78 is 4.04. The zero-order chi connectivity index (χ0) is 11.2. The van der Waals surface area contributed by atoms with Crippen molar-refractivity contribution in [2.75, 3.05) is 11.9 Å². The SMILES string of the molecule is C=CCn1ccnc1NCCn1ccnc1. The molecule has 2 aromatic rings. The van der Waals surface area contributed by atoms with Crippen LogP contribution in [0.3, 0.4) is 0 Å². The van der Waals surface area contributed by atoms with Gasteiger partial charge in [0.25, 0.3) is 0 Å². The van der Waals surface area contributed by atoms with Crippen molar-refractivity contribution in [1.29, 1.82) is 0 Å². The van der Waals surface area contributed by atoms with Gasteiger partial charge in [0.1, 0.15) is 0 Å². The average Bonchev–Trinajstić information content (AvgIpc) is 2.91. The molecule has 0 saturated carbocycles. The number of nitrogens with zero attached hydrogens (tertiary/aromatic N) is 4. The molecule has 0 saturated heterocycles. The fraction of sp³-hybridized carbons (Fsp3) is 0.273. The van der Waals surface area contributed by atoms with Gasteiger partial charge in [0.15, 0.2) is 0 Å². The summed E-state index contributed by atoms with van der Waals surface area (Å²) >= 11 is 0. The monoisotopic (exact) mass is 217 g/mol. The fourth-order valence-corrected chi connectivity index (χ4v) is 1.48. The molecule has 5 heteroatoms. The molecule has 0 bridgehead atoms. The number of allylic oxidation sites excluding steroid dienone is 1. The topological polar surface area (TPSA) is 47.7 Å². The predicted octanol–water partition coefficient (Wildman–Crippen LogP) is 1.38. The number of imidazole rings is 2. The van der Waals surface area contributed by atoms with Crippen LogP contribution < -0.4 is 5.32 Å². The summed E-state index contributed by atoms with van der Waals surface area (Å²) in [7, 11) is 0. The van der Waals surface area contributed by atoms with E-state index in [1.165, 1.54) is 0 Å². The van der Waals surface area contributed by atoms with Crippen molar-refractivity contribution in [2.45, 2.75) is 13.1 Å². The molecule has 0 unspecified atom stereocenters. The lowest BCUT2D eigenvalue weighted by Gasteiger charge is -2.08. The summed E-state index contributed by atoms with van der Waals surface area (Å²) in [6.07, 6.45) is 11.1. The third kappa shape index (κ3) is 2.50. The number of hydrogen-bond donors (Lipinski definition) is 1. The highest BCUT2D eigenvalue weighted by Crippen LogP contribution is 2.03. The number of nitrogens with one attached hydrogen (secondary N) is 1. The van der Waals surface area contributed by atoms with E-state index >= 15 is 0 Å². The summed E-state index contributed by atoms with van der Waals surface area (Å²) in [4.78, 5) is 8.22. The Morgan fingerprint density at radius 3 is 3.06 bits per heavy atom. The maximum atomic E-state index is 4.23. The Kier molecular flexibility index (Phi) is 3.38. The first-order valence-electron chi connectivity index (χ1n) is 5.22. The van der Waals surface area contributed by atoms with Gasteiger partial charge in [0.2, 0.25) is 5.95 Å². The summed E-state index contributed by atoms with van der Waals surface area (Å²) in [5, 5.41) is 3.27. The molecule has 0 radical (unpaired) electrons. The molecule has 0 aliphatic carbocycles. The van der Waals surface area contributed by atoms with Gasteiger partial charge in [-0.3, -0.25) is 0 Å². The van der Waals surface area contributed by atoms with Gasteiger partial charge in [-0.1, -0.05) is 6.08 Å². The highest BCUT2D eigenvalue weighted by atomic mass is 15.2. The second-order valence-electron chi connectivity index (χ2n) is 3.42. The van der Waals surface area contributed by atoms with Crippen molar-refractivity contribution >= 4 is 5.95 Å². The van der Waals surface area contributed by atoms with Gasteiger partial charge in [-0.25, -0.2) is 9.97 Å². The van der Waals surface area contributed by atoms with Gasteiger partial charge in [0.05, 0.1) is 6.33 Å². The number of aromatic nitrogens is 4. The minimum atomic E-state index is 0.771. The van der Waals surface area contributed by atoms with Crippen LogP contribution in [0.1, 0.15) is 0 Å². The molecule has 84 valence electrons. The Bertz CT molecular complexity index is 429. The van der Waals surface area contributed by atoms with E-state index < -0.39 is 0 Å². The summed E-state index contributed by atoms with van der Waals surface area (Å²) in [6, 6.07) is 0. The maximum Gasteiger partial charge on any atom is 0.203 e. The fourth-order valence-electron chi connectivity index (χ4n) is 1.48. The van der Waals surface area contributed by atoms with Gasteiger partial charge < -0.3 is 14.5 Å². The van der Waals surface area contributed by atoms with E-state index in [-0.39, 0.29) is 0 Å². The van der Waals surface area contributed by atoms with Crippen molar-refractivity contribution in [3.05, 3.63) is 43.8 Å². The van der Waals surface area contributed by atoms with Crippen LogP contribution >= 0.6 is 0 Å². The molecule has 0 aliphatic rings. The van der Waals surface area contributed by atoms with E-state index in [0.717, 1.165) is 25.6 Å². The van der Waals surface area contributed by atoms with Crippen molar-refractivity contribution in [3.63, 3.8) is 0 Å². The zero-order valence-electron chi connectivity index (χ0n) is 9.08. The molecular weight excluding hydrogens is 202 g/mol. The first-order valence-corrected chi connectivity index (χ1v) is 5.22. The molecule has 2 aromatic heterocycles. The molecule has 0 amide bonds. The van der Waals surface area contributed by atoms with E-state index in [9.17, 15) is 0 Å². The Balaban J connectivity index is 1.84. The summed E-state index contributed by atoms with van der Waals surface area (Å²) in [6.45, 7) is 6.18. The van der Waals surface area contributed by atoms with Crippen LogP contribution in [0.4, 0.5) is 5.95 Å². The second-order valence-corrected chi connectivity index (χ2v) is 3.42.